The van der Waals surface area contributed by atoms with E-state index in [0.717, 1.165) is 4.90 Å². The first-order valence-electron chi connectivity index (χ1n) is 4.91. The van der Waals surface area contributed by atoms with Gasteiger partial charge in [-0.2, -0.15) is 18.2 Å². The Morgan fingerprint density at radius 2 is 2.00 bits per heavy atom. The lowest BCUT2D eigenvalue weighted by Gasteiger charge is -2.21. The van der Waals surface area contributed by atoms with Gasteiger partial charge in [0.2, 0.25) is 5.28 Å². The van der Waals surface area contributed by atoms with Gasteiger partial charge in [-0.15, -0.1) is 0 Å². The van der Waals surface area contributed by atoms with Crippen molar-refractivity contribution < 1.29 is 22.0 Å². The zero-order valence-corrected chi connectivity index (χ0v) is 9.56. The number of rotatable bonds is 1. The molecular weight excluding hydrogens is 281 g/mol. The Hall–Kier alpha value is -1.18. The first-order valence-corrected chi connectivity index (χ1v) is 5.29. The molecule has 1 aromatic rings. The average Bonchev–Trinajstić information content (AvgIpc) is 2.57. The topological polar surface area (TPSA) is 29.0 Å². The van der Waals surface area contributed by atoms with E-state index in [-0.39, 0.29) is 6.54 Å². The predicted octanol–water partition coefficient (Wildman–Crippen LogP) is 2.99. The third-order valence-electron chi connectivity index (χ3n) is 2.51. The second-order valence-electron chi connectivity index (χ2n) is 3.90. The highest BCUT2D eigenvalue weighted by Crippen LogP contribution is 2.38. The Morgan fingerprint density at radius 1 is 1.33 bits per heavy atom. The zero-order chi connectivity index (χ0) is 13.6. The van der Waals surface area contributed by atoms with E-state index in [9.17, 15) is 22.0 Å². The molecule has 1 saturated heterocycles. The Labute approximate surface area is 104 Å². The van der Waals surface area contributed by atoms with Crippen molar-refractivity contribution >= 4 is 17.4 Å². The molecule has 2 rings (SSSR count). The number of nitrogens with zero attached hydrogens (tertiary/aromatic N) is 3. The summed E-state index contributed by atoms with van der Waals surface area (Å²) >= 11 is 5.41. The van der Waals surface area contributed by atoms with E-state index in [4.69, 9.17) is 11.6 Å². The Bertz CT molecular complexity index is 462. The normalized spacial score (nSPS) is 19.3. The molecule has 0 N–H and O–H groups in total. The van der Waals surface area contributed by atoms with Crippen LogP contribution in [0.25, 0.3) is 0 Å². The van der Waals surface area contributed by atoms with Crippen LogP contribution in [-0.4, -0.2) is 29.0 Å². The van der Waals surface area contributed by atoms with Crippen molar-refractivity contribution in [3.63, 3.8) is 0 Å². The highest BCUT2D eigenvalue weighted by molar-refractivity contribution is 6.28. The predicted molar refractivity (Wildman–Crippen MR) is 53.8 cm³/mol. The van der Waals surface area contributed by atoms with Crippen molar-refractivity contribution in [1.29, 1.82) is 0 Å². The van der Waals surface area contributed by atoms with Crippen LogP contribution in [0.5, 0.6) is 0 Å². The number of anilines is 1. The van der Waals surface area contributed by atoms with Gasteiger partial charge in [0.15, 0.2) is 0 Å². The molecule has 0 spiro atoms. The number of aromatic nitrogens is 2. The van der Waals surface area contributed by atoms with Gasteiger partial charge in [-0.05, 0) is 11.6 Å². The molecule has 0 bridgehead atoms. The van der Waals surface area contributed by atoms with Crippen LogP contribution in [0.4, 0.5) is 27.8 Å². The van der Waals surface area contributed by atoms with Crippen LogP contribution < -0.4 is 4.90 Å². The molecule has 3 nitrogen and oxygen atoms in total. The van der Waals surface area contributed by atoms with E-state index in [1.54, 1.807) is 0 Å². The summed E-state index contributed by atoms with van der Waals surface area (Å²) in [4.78, 5) is 7.52. The van der Waals surface area contributed by atoms with Gasteiger partial charge in [0, 0.05) is 19.2 Å². The summed E-state index contributed by atoms with van der Waals surface area (Å²) in [6.07, 6.45) is -4.72. The van der Waals surface area contributed by atoms with Crippen LogP contribution >= 0.6 is 11.6 Å². The second-order valence-corrected chi connectivity index (χ2v) is 4.24. The minimum atomic E-state index is -4.71. The van der Waals surface area contributed by atoms with Gasteiger partial charge in [0.25, 0.3) is 5.92 Å². The minimum absolute atomic E-state index is 0.205. The lowest BCUT2D eigenvalue weighted by Crippen LogP contribution is -2.28. The Balaban J connectivity index is 2.41. The van der Waals surface area contributed by atoms with Crippen LogP contribution in [0.1, 0.15) is 12.0 Å². The molecule has 0 radical (unpaired) electrons. The molecule has 1 aromatic heterocycles. The molecule has 0 saturated carbocycles. The van der Waals surface area contributed by atoms with Gasteiger partial charge in [-0.1, -0.05) is 0 Å². The van der Waals surface area contributed by atoms with Gasteiger partial charge in [-0.25, -0.2) is 13.8 Å². The van der Waals surface area contributed by atoms with Crippen LogP contribution in [0, 0.1) is 0 Å². The van der Waals surface area contributed by atoms with Gasteiger partial charge >= 0.3 is 6.18 Å². The standard InChI is InChI=1S/C9H7ClF5N3/c10-7-16-3-5(9(13,14)15)6(17-7)18-2-1-8(11,12)4-18/h3H,1-2,4H2. The average molecular weight is 288 g/mol. The summed E-state index contributed by atoms with van der Waals surface area (Å²) in [7, 11) is 0. The summed E-state index contributed by atoms with van der Waals surface area (Å²) < 4.78 is 64.1. The van der Waals surface area contributed by atoms with Crippen molar-refractivity contribution in [3.05, 3.63) is 17.0 Å². The van der Waals surface area contributed by atoms with Crippen molar-refractivity contribution in [2.75, 3.05) is 18.0 Å². The molecule has 0 amide bonds. The smallest absolute Gasteiger partial charge is 0.350 e. The van der Waals surface area contributed by atoms with E-state index in [2.05, 4.69) is 9.97 Å². The second kappa shape index (κ2) is 4.18. The van der Waals surface area contributed by atoms with Crippen LogP contribution in [0.3, 0.4) is 0 Å². The van der Waals surface area contributed by atoms with Crippen molar-refractivity contribution in [2.45, 2.75) is 18.5 Å². The Morgan fingerprint density at radius 3 is 2.50 bits per heavy atom. The van der Waals surface area contributed by atoms with Gasteiger partial charge < -0.3 is 4.90 Å². The van der Waals surface area contributed by atoms with Crippen molar-refractivity contribution in [3.8, 4) is 0 Å². The number of hydrogen-bond donors (Lipinski definition) is 0. The molecule has 0 atom stereocenters. The summed E-state index contributed by atoms with van der Waals surface area (Å²) in [5, 5.41) is -0.409. The largest absolute Gasteiger partial charge is 0.421 e. The molecule has 18 heavy (non-hydrogen) atoms. The molecule has 1 fully saturated rings. The van der Waals surface area contributed by atoms with Crippen molar-refractivity contribution in [1.82, 2.24) is 9.97 Å². The zero-order valence-electron chi connectivity index (χ0n) is 8.81. The monoisotopic (exact) mass is 287 g/mol. The summed E-state index contributed by atoms with van der Waals surface area (Å²) in [5.41, 5.74) is -1.16. The highest BCUT2D eigenvalue weighted by Gasteiger charge is 2.43. The highest BCUT2D eigenvalue weighted by atomic mass is 35.5. The maximum Gasteiger partial charge on any atom is 0.421 e. The number of halogens is 6. The first-order chi connectivity index (χ1) is 8.19. The third kappa shape index (κ3) is 2.63. The molecule has 1 aliphatic rings. The molecule has 0 unspecified atom stereocenters. The van der Waals surface area contributed by atoms with Crippen LogP contribution in [-0.2, 0) is 6.18 Å². The van der Waals surface area contributed by atoms with Crippen molar-refractivity contribution in [2.24, 2.45) is 0 Å². The van der Waals surface area contributed by atoms with E-state index in [0.29, 0.717) is 6.20 Å². The fraction of sp³-hybridized carbons (Fsp3) is 0.556. The van der Waals surface area contributed by atoms with E-state index in [1.807, 2.05) is 0 Å². The summed E-state index contributed by atoms with van der Waals surface area (Å²) in [5.74, 6) is -3.61. The fourth-order valence-electron chi connectivity index (χ4n) is 1.71. The number of alkyl halides is 5. The van der Waals surface area contributed by atoms with E-state index >= 15 is 0 Å². The van der Waals surface area contributed by atoms with Gasteiger partial charge in [-0.3, -0.25) is 0 Å². The Kier molecular flexibility index (Phi) is 3.08. The lowest BCUT2D eigenvalue weighted by molar-refractivity contribution is -0.137. The van der Waals surface area contributed by atoms with E-state index < -0.39 is 41.7 Å². The molecule has 2 heterocycles. The van der Waals surface area contributed by atoms with Gasteiger partial charge in [0.1, 0.15) is 11.4 Å². The summed E-state index contributed by atoms with van der Waals surface area (Å²) in [6.45, 7) is -1.01. The fourth-order valence-corrected chi connectivity index (χ4v) is 1.84. The lowest BCUT2D eigenvalue weighted by atomic mass is 10.3. The molecule has 0 aromatic carbocycles. The van der Waals surface area contributed by atoms with Gasteiger partial charge in [0.05, 0.1) is 6.54 Å². The molecule has 100 valence electrons. The molecule has 1 aliphatic heterocycles. The maximum absolute atomic E-state index is 13.0. The molecule has 0 aliphatic carbocycles. The molecule has 9 heteroatoms. The number of hydrogen-bond acceptors (Lipinski definition) is 3. The first kappa shape index (κ1) is 13.3. The maximum atomic E-state index is 13.0. The van der Waals surface area contributed by atoms with Crippen LogP contribution in [0.2, 0.25) is 5.28 Å². The summed E-state index contributed by atoms with van der Waals surface area (Å²) in [6, 6.07) is 0. The SMILES string of the molecule is FC1(F)CCN(c2nc(Cl)ncc2C(F)(F)F)C1. The van der Waals surface area contributed by atoms with Crippen LogP contribution in [0.15, 0.2) is 6.20 Å². The third-order valence-corrected chi connectivity index (χ3v) is 2.70. The quantitative estimate of drug-likeness (QED) is 0.587. The van der Waals surface area contributed by atoms with E-state index in [1.165, 1.54) is 0 Å². The minimum Gasteiger partial charge on any atom is -0.350 e. The molecular formula is C9H7ClF5N3.